The Morgan fingerprint density at radius 2 is 0.630 bits per heavy atom. The van der Waals surface area contributed by atoms with Crippen LogP contribution in [0.5, 0.6) is 0 Å². The minimum absolute atomic E-state index is 0.333. The Hall–Kier alpha value is -12.3. The molecule has 7 heteroatoms. The van der Waals surface area contributed by atoms with E-state index in [1.165, 1.54) is 66.3 Å². The molecular formula is C85H55N7. The monoisotopic (exact) mass is 1170 g/mol. The molecule has 1 spiro atoms. The average molecular weight is 1170 g/mol. The molecule has 18 rings (SSSR count). The molecule has 92 heavy (non-hydrogen) atoms. The fourth-order valence-corrected chi connectivity index (χ4v) is 13.9. The third-order valence-electron chi connectivity index (χ3n) is 18.1. The SMILES string of the molecule is c1ccc(-c2cc(-c3ccccn3)nc(-c3ccc(-c4ccc5c(c4)-c4ccccc4C54c5ccccc5-c5ccccc54)cn3)c2)cc1.c1ccc(-c2cc(-c3ccccn3)nc(-c3ccc(-c4ccc5c(c4)c4ccccc4n5-c4ccccc4)cn3)c2)cc1. The van der Waals surface area contributed by atoms with E-state index in [1.807, 2.05) is 60.9 Å². The molecule has 9 aromatic carbocycles. The minimum Gasteiger partial charge on any atom is -0.309 e. The predicted octanol–water partition coefficient (Wildman–Crippen LogP) is 20.5. The maximum atomic E-state index is 5.03. The molecule has 0 saturated carbocycles. The Balaban J connectivity index is 0.000000142. The van der Waals surface area contributed by atoms with Gasteiger partial charge in [-0.05, 0) is 175 Å². The van der Waals surface area contributed by atoms with Crippen LogP contribution >= 0.6 is 0 Å². The molecule has 0 bridgehead atoms. The zero-order chi connectivity index (χ0) is 61.0. The molecule has 0 radical (unpaired) electrons. The summed E-state index contributed by atoms with van der Waals surface area (Å²) >= 11 is 0. The van der Waals surface area contributed by atoms with Gasteiger partial charge >= 0.3 is 0 Å². The topological polar surface area (TPSA) is 82.3 Å². The number of para-hydroxylation sites is 2. The first-order valence-electron chi connectivity index (χ1n) is 31.0. The summed E-state index contributed by atoms with van der Waals surface area (Å²) in [6.07, 6.45) is 7.53. The van der Waals surface area contributed by atoms with E-state index >= 15 is 0 Å². The number of hydrogen-bond acceptors (Lipinski definition) is 6. The lowest BCUT2D eigenvalue weighted by Crippen LogP contribution is -2.25. The standard InChI is InChI=1S/C46H29N3.C39H26N4/c1-2-12-30(13-3-1)33-27-44(42-20-10-11-25-47-42)49-45(28-33)43-24-22-32(29-48-43)31-21-23-41-37(26-31)36-16-6-9-19-40(36)46(41)38-17-7-4-14-34(38)35-15-5-8-18-39(35)46;1-3-11-27(12-4-1)30-24-36(34-16-9-10-22-40-34)42-37(25-30)35-20-18-29(26-41-35)28-19-21-39-33(23-28)32-15-7-8-17-38(32)43(39)31-13-5-2-6-14-31/h1-29H;1-26H. The highest BCUT2D eigenvalue weighted by Crippen LogP contribution is 2.63. The summed E-state index contributed by atoms with van der Waals surface area (Å²) in [5.74, 6) is 0. The van der Waals surface area contributed by atoms with E-state index in [4.69, 9.17) is 19.9 Å². The van der Waals surface area contributed by atoms with E-state index in [1.54, 1.807) is 12.4 Å². The van der Waals surface area contributed by atoms with E-state index in [-0.39, 0.29) is 5.41 Å². The quantitative estimate of drug-likeness (QED) is 0.143. The second-order valence-electron chi connectivity index (χ2n) is 23.3. The van der Waals surface area contributed by atoms with Gasteiger partial charge < -0.3 is 4.57 Å². The van der Waals surface area contributed by atoms with Gasteiger partial charge in [-0.1, -0.05) is 212 Å². The summed E-state index contributed by atoms with van der Waals surface area (Å²) in [6, 6.07) is 109. The Morgan fingerprint density at radius 3 is 1.13 bits per heavy atom. The minimum atomic E-state index is -0.333. The summed E-state index contributed by atoms with van der Waals surface area (Å²) in [4.78, 5) is 29.0. The number of pyridine rings is 6. The van der Waals surface area contributed by atoms with Crippen molar-refractivity contribution in [3.05, 3.63) is 356 Å². The van der Waals surface area contributed by atoms with Crippen LogP contribution in [-0.2, 0) is 5.41 Å². The van der Waals surface area contributed by atoms with Gasteiger partial charge in [0.1, 0.15) is 0 Å². The van der Waals surface area contributed by atoms with Gasteiger partial charge in [-0.3, -0.25) is 19.9 Å². The largest absolute Gasteiger partial charge is 0.309 e. The van der Waals surface area contributed by atoms with Crippen molar-refractivity contribution < 1.29 is 0 Å². The lowest BCUT2D eigenvalue weighted by molar-refractivity contribution is 0.794. The van der Waals surface area contributed by atoms with Crippen LogP contribution in [-0.4, -0.2) is 34.5 Å². The van der Waals surface area contributed by atoms with Crippen molar-refractivity contribution in [2.45, 2.75) is 5.41 Å². The van der Waals surface area contributed by atoms with Crippen LogP contribution in [0.15, 0.2) is 334 Å². The Kier molecular flexibility index (Phi) is 13.3. The lowest BCUT2D eigenvalue weighted by Gasteiger charge is -2.30. The first kappa shape index (κ1) is 53.9. The summed E-state index contributed by atoms with van der Waals surface area (Å²) in [7, 11) is 0. The van der Waals surface area contributed by atoms with Crippen molar-refractivity contribution in [3.63, 3.8) is 0 Å². The normalized spacial score (nSPS) is 12.2. The average Bonchev–Trinajstić information content (AvgIpc) is 1.51. The van der Waals surface area contributed by atoms with Gasteiger partial charge in [0, 0.05) is 52.4 Å². The third kappa shape index (κ3) is 9.29. The molecule has 0 unspecified atom stereocenters. The molecule has 2 aliphatic carbocycles. The van der Waals surface area contributed by atoms with Crippen LogP contribution in [0, 0.1) is 0 Å². The van der Waals surface area contributed by atoms with Crippen LogP contribution in [0.25, 0.3) is 140 Å². The number of fused-ring (bicyclic) bond motifs is 13. The predicted molar refractivity (Wildman–Crippen MR) is 374 cm³/mol. The number of rotatable bonds is 9. The number of nitrogens with zero attached hydrogens (tertiary/aromatic N) is 7. The summed E-state index contributed by atoms with van der Waals surface area (Å²) in [6.45, 7) is 0. The molecular weight excluding hydrogens is 1120 g/mol. The Bertz CT molecular complexity index is 5260. The number of aromatic nitrogens is 7. The second kappa shape index (κ2) is 22.7. The fraction of sp³-hybridized carbons (Fsp3) is 0.0118. The van der Waals surface area contributed by atoms with Gasteiger partial charge in [0.15, 0.2) is 0 Å². The highest BCUT2D eigenvalue weighted by atomic mass is 15.0. The van der Waals surface area contributed by atoms with Crippen molar-refractivity contribution in [2.75, 3.05) is 0 Å². The van der Waals surface area contributed by atoms with E-state index in [2.05, 4.69) is 275 Å². The maximum Gasteiger partial charge on any atom is 0.0900 e. The molecule has 2 aliphatic rings. The Morgan fingerprint density at radius 1 is 0.228 bits per heavy atom. The lowest BCUT2D eigenvalue weighted by atomic mass is 9.70. The smallest absolute Gasteiger partial charge is 0.0900 e. The van der Waals surface area contributed by atoms with Gasteiger partial charge in [0.25, 0.3) is 0 Å². The summed E-state index contributed by atoms with van der Waals surface area (Å²) in [5.41, 5.74) is 29.2. The zero-order valence-electron chi connectivity index (χ0n) is 49.9. The van der Waals surface area contributed by atoms with Gasteiger partial charge in [-0.2, -0.15) is 0 Å². The van der Waals surface area contributed by atoms with E-state index in [0.717, 1.165) is 95.7 Å². The van der Waals surface area contributed by atoms with E-state index < -0.39 is 0 Å². The van der Waals surface area contributed by atoms with Crippen molar-refractivity contribution in [1.29, 1.82) is 0 Å². The molecule has 0 fully saturated rings. The molecule has 0 aliphatic heterocycles. The van der Waals surface area contributed by atoms with Crippen molar-refractivity contribution in [1.82, 2.24) is 34.5 Å². The van der Waals surface area contributed by atoms with Crippen molar-refractivity contribution in [3.8, 4) is 118 Å². The highest BCUT2D eigenvalue weighted by Gasteiger charge is 2.51. The molecule has 7 nitrogen and oxygen atoms in total. The molecule has 16 aromatic rings. The molecule has 430 valence electrons. The van der Waals surface area contributed by atoms with Crippen LogP contribution in [0.3, 0.4) is 0 Å². The summed E-state index contributed by atoms with van der Waals surface area (Å²) < 4.78 is 2.33. The van der Waals surface area contributed by atoms with E-state index in [0.29, 0.717) is 0 Å². The van der Waals surface area contributed by atoms with Crippen LogP contribution in [0.2, 0.25) is 0 Å². The second-order valence-corrected chi connectivity index (χ2v) is 23.3. The van der Waals surface area contributed by atoms with Crippen LogP contribution < -0.4 is 0 Å². The van der Waals surface area contributed by atoms with Crippen LogP contribution in [0.4, 0.5) is 0 Å². The van der Waals surface area contributed by atoms with Crippen molar-refractivity contribution >= 4 is 21.8 Å². The van der Waals surface area contributed by atoms with Crippen LogP contribution in [0.1, 0.15) is 22.3 Å². The first-order valence-corrected chi connectivity index (χ1v) is 31.0. The van der Waals surface area contributed by atoms with Crippen molar-refractivity contribution in [2.24, 2.45) is 0 Å². The molecule has 0 saturated heterocycles. The third-order valence-corrected chi connectivity index (χ3v) is 18.1. The zero-order valence-corrected chi connectivity index (χ0v) is 49.9. The fourth-order valence-electron chi connectivity index (χ4n) is 13.9. The molecule has 0 amide bonds. The first-order chi connectivity index (χ1) is 45.6. The number of benzene rings is 9. The Labute approximate surface area is 533 Å². The van der Waals surface area contributed by atoms with Gasteiger partial charge in [0.05, 0.1) is 62.0 Å². The molecule has 7 heterocycles. The maximum absolute atomic E-state index is 5.03. The van der Waals surface area contributed by atoms with E-state index in [9.17, 15) is 0 Å². The molecule has 0 N–H and O–H groups in total. The summed E-state index contributed by atoms with van der Waals surface area (Å²) in [5, 5.41) is 2.45. The number of hydrogen-bond donors (Lipinski definition) is 0. The van der Waals surface area contributed by atoms with Gasteiger partial charge in [-0.25, -0.2) is 9.97 Å². The van der Waals surface area contributed by atoms with Gasteiger partial charge in [-0.15, -0.1) is 0 Å². The molecule has 7 aromatic heterocycles. The van der Waals surface area contributed by atoms with Gasteiger partial charge in [0.2, 0.25) is 0 Å². The molecule has 0 atom stereocenters. The highest BCUT2D eigenvalue weighted by molar-refractivity contribution is 6.10.